The summed E-state index contributed by atoms with van der Waals surface area (Å²) in [5.74, 6) is 1.50. The van der Waals surface area contributed by atoms with E-state index in [1.54, 1.807) is 25.2 Å². The fourth-order valence-corrected chi connectivity index (χ4v) is 3.69. The van der Waals surface area contributed by atoms with Crippen molar-refractivity contribution in [1.82, 2.24) is 15.1 Å². The number of benzene rings is 1. The van der Waals surface area contributed by atoms with E-state index in [9.17, 15) is 4.39 Å². The van der Waals surface area contributed by atoms with Crippen LogP contribution in [0.3, 0.4) is 0 Å². The zero-order valence-corrected chi connectivity index (χ0v) is 19.1. The first-order chi connectivity index (χ1) is 13.2. The molecule has 3 rings (SSSR count). The van der Waals surface area contributed by atoms with E-state index >= 15 is 0 Å². The molecule has 8 heteroatoms. The summed E-state index contributed by atoms with van der Waals surface area (Å²) in [5, 5.41) is 3.37. The van der Waals surface area contributed by atoms with E-state index in [-0.39, 0.29) is 41.6 Å². The number of hydrogen-bond donors (Lipinski definition) is 1. The quantitative estimate of drug-likeness (QED) is 0.365. The number of guanidine groups is 1. The van der Waals surface area contributed by atoms with Gasteiger partial charge in [0.2, 0.25) is 0 Å². The number of para-hydroxylation sites is 1. The Morgan fingerprint density at radius 1 is 1.32 bits per heavy atom. The van der Waals surface area contributed by atoms with Crippen LogP contribution in [0, 0.1) is 11.7 Å². The van der Waals surface area contributed by atoms with Crippen LogP contribution in [0.1, 0.15) is 13.3 Å². The largest absolute Gasteiger partial charge is 0.486 e. The van der Waals surface area contributed by atoms with Gasteiger partial charge in [-0.1, -0.05) is 12.1 Å². The summed E-state index contributed by atoms with van der Waals surface area (Å²) >= 11 is 0. The maximum atomic E-state index is 13.7. The number of morpholine rings is 1. The molecule has 2 saturated heterocycles. The van der Waals surface area contributed by atoms with Crippen LogP contribution in [-0.2, 0) is 4.74 Å². The Kier molecular flexibility index (Phi) is 9.73. The molecule has 2 unspecified atom stereocenters. The molecule has 1 N–H and O–H groups in total. The van der Waals surface area contributed by atoms with Crippen molar-refractivity contribution in [2.24, 2.45) is 10.9 Å². The molecular formula is C20H32FIN4O2. The molecule has 2 fully saturated rings. The van der Waals surface area contributed by atoms with Gasteiger partial charge in [0.05, 0.1) is 19.8 Å². The van der Waals surface area contributed by atoms with Crippen LogP contribution in [-0.4, -0.2) is 81.4 Å². The molecule has 1 aromatic carbocycles. The lowest BCUT2D eigenvalue weighted by atomic mass is 10.1. The maximum absolute atomic E-state index is 13.7. The summed E-state index contributed by atoms with van der Waals surface area (Å²) < 4.78 is 24.8. The molecular weight excluding hydrogens is 474 g/mol. The van der Waals surface area contributed by atoms with Gasteiger partial charge in [0.1, 0.15) is 6.10 Å². The lowest BCUT2D eigenvalue weighted by Gasteiger charge is -2.29. The molecule has 0 aromatic heterocycles. The van der Waals surface area contributed by atoms with Crippen molar-refractivity contribution in [2.45, 2.75) is 19.4 Å². The molecule has 158 valence electrons. The Hall–Kier alpha value is -1.13. The van der Waals surface area contributed by atoms with Crippen LogP contribution in [0.5, 0.6) is 5.75 Å². The van der Waals surface area contributed by atoms with Crippen molar-refractivity contribution >= 4 is 29.9 Å². The fraction of sp³-hybridized carbons (Fsp3) is 0.650. The minimum absolute atomic E-state index is 0. The monoisotopic (exact) mass is 506 g/mol. The van der Waals surface area contributed by atoms with E-state index in [1.165, 1.54) is 12.5 Å². The third-order valence-electron chi connectivity index (χ3n) is 5.13. The molecule has 0 amide bonds. The summed E-state index contributed by atoms with van der Waals surface area (Å²) in [5.41, 5.74) is 0. The molecule has 2 heterocycles. The third-order valence-corrected chi connectivity index (χ3v) is 5.13. The molecule has 0 aliphatic carbocycles. The second-order valence-electron chi connectivity index (χ2n) is 7.30. The van der Waals surface area contributed by atoms with Gasteiger partial charge in [-0.05, 0) is 31.4 Å². The summed E-state index contributed by atoms with van der Waals surface area (Å²) in [6, 6.07) is 6.49. The Bertz CT molecular complexity index is 628. The van der Waals surface area contributed by atoms with Crippen LogP contribution >= 0.6 is 24.0 Å². The van der Waals surface area contributed by atoms with Crippen molar-refractivity contribution in [3.63, 3.8) is 0 Å². The highest BCUT2D eigenvalue weighted by atomic mass is 127. The zero-order valence-electron chi connectivity index (χ0n) is 16.8. The molecule has 0 radical (unpaired) electrons. The van der Waals surface area contributed by atoms with Gasteiger partial charge in [-0.25, -0.2) is 4.39 Å². The average Bonchev–Trinajstić information content (AvgIpc) is 3.13. The van der Waals surface area contributed by atoms with Crippen LogP contribution in [0.25, 0.3) is 0 Å². The predicted octanol–water partition coefficient (Wildman–Crippen LogP) is 2.44. The van der Waals surface area contributed by atoms with Gasteiger partial charge in [-0.15, -0.1) is 24.0 Å². The highest BCUT2D eigenvalue weighted by Crippen LogP contribution is 2.19. The number of hydrogen-bond acceptors (Lipinski definition) is 4. The van der Waals surface area contributed by atoms with Crippen LogP contribution in [0.4, 0.5) is 4.39 Å². The van der Waals surface area contributed by atoms with Crippen molar-refractivity contribution in [1.29, 1.82) is 0 Å². The van der Waals surface area contributed by atoms with E-state index in [0.29, 0.717) is 12.5 Å². The zero-order chi connectivity index (χ0) is 19.1. The standard InChI is InChI=1S/C20H31FN4O2.HI/c1-16(27-19-6-4-3-5-18(19)21)13-23-20(22-2)25-8-7-17(15-25)14-24-9-11-26-12-10-24;/h3-6,16-17H,7-15H2,1-2H3,(H,22,23);1H. The molecule has 6 nitrogen and oxygen atoms in total. The molecule has 28 heavy (non-hydrogen) atoms. The number of aliphatic imine (C=N–C) groups is 1. The molecule has 1 aromatic rings. The Morgan fingerprint density at radius 2 is 2.07 bits per heavy atom. The van der Waals surface area contributed by atoms with E-state index in [0.717, 1.165) is 51.9 Å². The smallest absolute Gasteiger partial charge is 0.193 e. The molecule has 2 aliphatic rings. The topological polar surface area (TPSA) is 49.3 Å². The van der Waals surface area contributed by atoms with E-state index in [2.05, 4.69) is 20.1 Å². The number of nitrogens with zero attached hydrogens (tertiary/aromatic N) is 3. The first-order valence-electron chi connectivity index (χ1n) is 9.82. The highest BCUT2D eigenvalue weighted by Gasteiger charge is 2.27. The summed E-state index contributed by atoms with van der Waals surface area (Å²) in [6.07, 6.45) is 1.02. The first-order valence-corrected chi connectivity index (χ1v) is 9.82. The predicted molar refractivity (Wildman–Crippen MR) is 120 cm³/mol. The fourth-order valence-electron chi connectivity index (χ4n) is 3.69. The Morgan fingerprint density at radius 3 is 2.79 bits per heavy atom. The van der Waals surface area contributed by atoms with Gasteiger partial charge in [0.25, 0.3) is 0 Å². The Balaban J connectivity index is 0.00000280. The molecule has 2 atom stereocenters. The average molecular weight is 506 g/mol. The maximum Gasteiger partial charge on any atom is 0.193 e. The number of ether oxygens (including phenoxy) is 2. The van der Waals surface area contributed by atoms with Gasteiger partial charge >= 0.3 is 0 Å². The molecule has 0 bridgehead atoms. The van der Waals surface area contributed by atoms with Gasteiger partial charge in [-0.3, -0.25) is 9.89 Å². The highest BCUT2D eigenvalue weighted by molar-refractivity contribution is 14.0. The van der Waals surface area contributed by atoms with E-state index in [1.807, 2.05) is 6.92 Å². The van der Waals surface area contributed by atoms with E-state index in [4.69, 9.17) is 9.47 Å². The normalized spacial score (nSPS) is 21.9. The van der Waals surface area contributed by atoms with Crippen molar-refractivity contribution in [3.8, 4) is 5.75 Å². The summed E-state index contributed by atoms with van der Waals surface area (Å²) in [7, 11) is 1.81. The number of likely N-dealkylation sites (tertiary alicyclic amines) is 1. The van der Waals surface area contributed by atoms with Crippen LogP contribution < -0.4 is 10.1 Å². The molecule has 2 aliphatic heterocycles. The SMILES string of the molecule is CN=C(NCC(C)Oc1ccccc1F)N1CCC(CN2CCOCC2)C1.I. The molecule has 0 saturated carbocycles. The van der Waals surface area contributed by atoms with Gasteiger partial charge in [0.15, 0.2) is 17.5 Å². The minimum Gasteiger partial charge on any atom is -0.486 e. The molecule has 0 spiro atoms. The lowest BCUT2D eigenvalue weighted by Crippen LogP contribution is -2.44. The van der Waals surface area contributed by atoms with Gasteiger partial charge < -0.3 is 19.7 Å². The van der Waals surface area contributed by atoms with Crippen molar-refractivity contribution < 1.29 is 13.9 Å². The number of rotatable bonds is 6. The summed E-state index contributed by atoms with van der Waals surface area (Å²) in [6.45, 7) is 9.42. The van der Waals surface area contributed by atoms with Crippen LogP contribution in [0.2, 0.25) is 0 Å². The number of halogens is 2. The first kappa shape index (κ1) is 23.2. The van der Waals surface area contributed by atoms with Crippen LogP contribution in [0.15, 0.2) is 29.3 Å². The van der Waals surface area contributed by atoms with Gasteiger partial charge in [0, 0.05) is 39.8 Å². The van der Waals surface area contributed by atoms with E-state index < -0.39 is 0 Å². The minimum atomic E-state index is -0.334. The number of nitrogens with one attached hydrogen (secondary N) is 1. The van der Waals surface area contributed by atoms with Gasteiger partial charge in [-0.2, -0.15) is 0 Å². The second-order valence-corrected chi connectivity index (χ2v) is 7.30. The summed E-state index contributed by atoms with van der Waals surface area (Å²) in [4.78, 5) is 9.22. The lowest BCUT2D eigenvalue weighted by molar-refractivity contribution is 0.0315. The Labute approximate surface area is 184 Å². The second kappa shape index (κ2) is 11.8. The van der Waals surface area contributed by atoms with Crippen molar-refractivity contribution in [2.75, 3.05) is 59.5 Å². The third kappa shape index (κ3) is 6.73. The van der Waals surface area contributed by atoms with Crippen molar-refractivity contribution in [3.05, 3.63) is 30.1 Å².